The van der Waals surface area contributed by atoms with Gasteiger partial charge in [-0.3, -0.25) is 0 Å². The third-order valence-electron chi connectivity index (χ3n) is 9.20. The maximum absolute atomic E-state index is 14.2. The number of aliphatic hydroxyl groups excluding tert-OH is 2. The van der Waals surface area contributed by atoms with Crippen molar-refractivity contribution in [2.24, 2.45) is 0 Å². The van der Waals surface area contributed by atoms with Crippen LogP contribution in [0, 0.1) is 13.8 Å². The number of ether oxygens (including phenoxy) is 4. The number of nitrogens with zero attached hydrogens (tertiary/aromatic N) is 2. The summed E-state index contributed by atoms with van der Waals surface area (Å²) in [6.07, 6.45) is -4.20. The molecule has 2 aromatic heterocycles. The molecular weight excluding hydrogens is 741 g/mol. The highest BCUT2D eigenvalue weighted by Gasteiger charge is 2.46. The van der Waals surface area contributed by atoms with Crippen LogP contribution in [-0.4, -0.2) is 93.4 Å². The Bertz CT molecular complexity index is 1860. The van der Waals surface area contributed by atoms with Crippen LogP contribution in [0.5, 0.6) is 23.5 Å². The predicted molar refractivity (Wildman–Crippen MR) is 197 cm³/mol. The number of pyridine rings is 2. The Balaban J connectivity index is 1.39. The molecule has 2 heterocycles. The van der Waals surface area contributed by atoms with Gasteiger partial charge in [-0.2, -0.15) is 18.7 Å². The molecule has 56 heavy (non-hydrogen) atoms. The van der Waals surface area contributed by atoms with Crippen molar-refractivity contribution in [2.45, 2.75) is 70.9 Å². The summed E-state index contributed by atoms with van der Waals surface area (Å²) < 4.78 is 63.9. The van der Waals surface area contributed by atoms with Crippen molar-refractivity contribution < 1.29 is 62.1 Å². The van der Waals surface area contributed by atoms with Crippen molar-refractivity contribution in [3.8, 4) is 34.6 Å². The Labute approximate surface area is 321 Å². The van der Waals surface area contributed by atoms with Crippen molar-refractivity contribution >= 4 is 11.9 Å². The van der Waals surface area contributed by atoms with Gasteiger partial charge >= 0.3 is 17.9 Å². The molecule has 0 saturated carbocycles. The molecule has 3 unspecified atom stereocenters. The summed E-state index contributed by atoms with van der Waals surface area (Å²) >= 11 is 0. The van der Waals surface area contributed by atoms with Crippen LogP contribution in [0.3, 0.4) is 0 Å². The monoisotopic (exact) mass is 786 g/mol. The lowest BCUT2D eigenvalue weighted by molar-refractivity contribution is -0.181. The molecule has 0 aliphatic heterocycles. The van der Waals surface area contributed by atoms with Gasteiger partial charge in [0.2, 0.25) is 29.2 Å². The van der Waals surface area contributed by atoms with Gasteiger partial charge in [0.1, 0.15) is 25.4 Å². The number of aliphatic hydroxyl groups is 2. The number of alkyl halides is 3. The quantitative estimate of drug-likeness (QED) is 0.0695. The highest BCUT2D eigenvalue weighted by Crippen LogP contribution is 2.32. The molecule has 0 aliphatic rings. The summed E-state index contributed by atoms with van der Waals surface area (Å²) in [5.74, 6) is -7.53. The van der Waals surface area contributed by atoms with E-state index in [0.29, 0.717) is 17.0 Å². The van der Waals surface area contributed by atoms with Crippen LogP contribution < -0.4 is 29.6 Å². The summed E-state index contributed by atoms with van der Waals surface area (Å²) in [4.78, 5) is 30.5. The molecule has 14 nitrogen and oxygen atoms in total. The number of carboxylic acids is 2. The second kappa shape index (κ2) is 18.9. The van der Waals surface area contributed by atoms with E-state index < -0.39 is 42.3 Å². The SMILES string of the molecule is COc1nc(OCc2cccc(-c3cccc(COc4ccc(CNCC(O)C(F)(F)C(=O)O)c(OC)n4)c3C)c2C)ccc1CNCC(O)C(C)(F)C(=O)O. The largest absolute Gasteiger partial charge is 0.481 e. The normalized spacial score (nSPS) is 13.7. The molecule has 0 aliphatic carbocycles. The maximum Gasteiger partial charge on any atom is 0.377 e. The number of aromatic nitrogens is 2. The van der Waals surface area contributed by atoms with Crippen LogP contribution in [0.25, 0.3) is 11.1 Å². The van der Waals surface area contributed by atoms with E-state index in [4.69, 9.17) is 29.2 Å². The van der Waals surface area contributed by atoms with Gasteiger partial charge in [-0.05, 0) is 66.3 Å². The van der Waals surface area contributed by atoms with Gasteiger partial charge in [0.05, 0.1) is 14.2 Å². The third-order valence-corrected chi connectivity index (χ3v) is 9.20. The lowest BCUT2D eigenvalue weighted by atomic mass is 9.92. The average Bonchev–Trinajstić information content (AvgIpc) is 3.17. The number of carboxylic acid groups (broad SMARTS) is 2. The molecule has 0 radical (unpaired) electrons. The van der Waals surface area contributed by atoms with Crippen molar-refractivity contribution in [1.82, 2.24) is 20.6 Å². The molecule has 2 aromatic carbocycles. The van der Waals surface area contributed by atoms with Gasteiger partial charge < -0.3 is 50.0 Å². The molecule has 6 N–H and O–H groups in total. The van der Waals surface area contributed by atoms with Crippen LogP contribution in [-0.2, 0) is 35.9 Å². The lowest BCUT2D eigenvalue weighted by Crippen LogP contribution is -2.47. The van der Waals surface area contributed by atoms with Crippen LogP contribution >= 0.6 is 0 Å². The number of hydrogen-bond donors (Lipinski definition) is 6. The average molecular weight is 787 g/mol. The lowest BCUT2D eigenvalue weighted by Gasteiger charge is -2.22. The zero-order valence-electron chi connectivity index (χ0n) is 31.4. The maximum atomic E-state index is 14.2. The molecule has 4 rings (SSSR count). The van der Waals surface area contributed by atoms with Gasteiger partial charge in [-0.1, -0.05) is 36.4 Å². The fourth-order valence-corrected chi connectivity index (χ4v) is 5.55. The zero-order chi connectivity index (χ0) is 41.2. The first kappa shape index (κ1) is 43.2. The number of halogens is 3. The number of hydrogen-bond acceptors (Lipinski definition) is 12. The second-order valence-electron chi connectivity index (χ2n) is 13.0. The summed E-state index contributed by atoms with van der Waals surface area (Å²) in [5.41, 5.74) is 3.97. The Morgan fingerprint density at radius 2 is 1.11 bits per heavy atom. The van der Waals surface area contributed by atoms with Crippen molar-refractivity contribution in [3.63, 3.8) is 0 Å². The fourth-order valence-electron chi connectivity index (χ4n) is 5.55. The molecule has 0 amide bonds. The number of methoxy groups -OCH3 is 2. The van der Waals surface area contributed by atoms with Crippen LogP contribution in [0.15, 0.2) is 60.7 Å². The molecule has 302 valence electrons. The van der Waals surface area contributed by atoms with Crippen molar-refractivity contribution in [3.05, 3.63) is 94.0 Å². The topological polar surface area (TPSA) is 202 Å². The zero-order valence-corrected chi connectivity index (χ0v) is 31.4. The number of benzene rings is 2. The first-order valence-corrected chi connectivity index (χ1v) is 17.3. The molecule has 0 saturated heterocycles. The molecule has 0 fully saturated rings. The van der Waals surface area contributed by atoms with Crippen LogP contribution in [0.2, 0.25) is 0 Å². The van der Waals surface area contributed by atoms with E-state index in [0.717, 1.165) is 40.3 Å². The van der Waals surface area contributed by atoms with Crippen LogP contribution in [0.1, 0.15) is 40.3 Å². The van der Waals surface area contributed by atoms with Crippen molar-refractivity contribution in [2.75, 3.05) is 27.3 Å². The summed E-state index contributed by atoms with van der Waals surface area (Å²) in [5, 5.41) is 42.5. The highest BCUT2D eigenvalue weighted by atomic mass is 19.3. The molecule has 3 atom stereocenters. The van der Waals surface area contributed by atoms with E-state index in [1.165, 1.54) is 14.2 Å². The standard InChI is InChI=1S/C39H45F3N4O10/c1-22-26(20-55-32-14-12-24(34(45-32)53-4)16-43-18-30(47)38(3,40)36(49)50)8-6-10-28(22)29-11-7-9-27(23(29)2)21-56-33-15-13-25(35(46-33)54-5)17-44-19-31(48)39(41,42)37(51)52/h6-15,30-31,43-44,47-48H,16-21H2,1-5H3,(H,49,50)(H,51,52). The van der Waals surface area contributed by atoms with E-state index in [2.05, 4.69) is 20.6 Å². The third kappa shape index (κ3) is 10.4. The van der Waals surface area contributed by atoms with Gasteiger partial charge in [0, 0.05) is 49.4 Å². The van der Waals surface area contributed by atoms with E-state index in [9.17, 15) is 33.0 Å². The minimum atomic E-state index is -4.30. The van der Waals surface area contributed by atoms with E-state index in [-0.39, 0.29) is 50.5 Å². The van der Waals surface area contributed by atoms with Gasteiger partial charge in [0.15, 0.2) is 0 Å². The number of rotatable bonds is 21. The van der Waals surface area contributed by atoms with Gasteiger partial charge in [-0.25, -0.2) is 14.0 Å². The summed E-state index contributed by atoms with van der Waals surface area (Å²) in [6, 6.07) is 18.3. The first-order chi connectivity index (χ1) is 26.5. The number of carbonyl (C=O) groups is 2. The highest BCUT2D eigenvalue weighted by molar-refractivity contribution is 5.77. The Hall–Kier alpha value is -5.49. The first-order valence-electron chi connectivity index (χ1n) is 17.3. The molecule has 0 spiro atoms. The van der Waals surface area contributed by atoms with E-state index in [1.807, 2.05) is 50.2 Å². The summed E-state index contributed by atoms with van der Waals surface area (Å²) in [7, 11) is 2.82. The summed E-state index contributed by atoms with van der Waals surface area (Å²) in [6.45, 7) is 4.25. The Morgan fingerprint density at radius 1 is 0.679 bits per heavy atom. The number of aliphatic carboxylic acids is 2. The minimum Gasteiger partial charge on any atom is -0.481 e. The van der Waals surface area contributed by atoms with Gasteiger partial charge in [-0.15, -0.1) is 0 Å². The van der Waals surface area contributed by atoms with E-state index >= 15 is 0 Å². The smallest absolute Gasteiger partial charge is 0.377 e. The predicted octanol–water partition coefficient (Wildman–Crippen LogP) is 4.37. The second-order valence-corrected chi connectivity index (χ2v) is 13.0. The Morgan fingerprint density at radius 3 is 1.50 bits per heavy atom. The van der Waals surface area contributed by atoms with E-state index in [1.54, 1.807) is 24.3 Å². The fraction of sp³-hybridized carbons (Fsp3) is 0.385. The number of nitrogens with one attached hydrogen (secondary N) is 2. The van der Waals surface area contributed by atoms with Crippen molar-refractivity contribution in [1.29, 1.82) is 0 Å². The molecule has 4 aromatic rings. The molecule has 0 bridgehead atoms. The molecule has 17 heteroatoms. The molecular formula is C39H45F3N4O10. The Kier molecular flexibility index (Phi) is 14.6. The minimum absolute atomic E-state index is 0.0308. The van der Waals surface area contributed by atoms with Gasteiger partial charge in [0.25, 0.3) is 0 Å². The van der Waals surface area contributed by atoms with Crippen LogP contribution in [0.4, 0.5) is 13.2 Å².